The maximum Gasteiger partial charge on any atom is 0.282 e. The van der Waals surface area contributed by atoms with E-state index in [4.69, 9.17) is 11.5 Å². The average Bonchev–Trinajstić information content (AvgIpc) is 2.55. The van der Waals surface area contributed by atoms with Crippen LogP contribution in [0.5, 0.6) is 0 Å². The third-order valence-corrected chi connectivity index (χ3v) is 3.76. The predicted molar refractivity (Wildman–Crippen MR) is 94.4 cm³/mol. The number of nitrogens with zero attached hydrogens (tertiary/aromatic N) is 2. The van der Waals surface area contributed by atoms with Crippen molar-refractivity contribution in [3.63, 3.8) is 0 Å². The zero-order valence-electron chi connectivity index (χ0n) is 13.1. The van der Waals surface area contributed by atoms with E-state index in [2.05, 4.69) is 4.99 Å². The number of amides is 1. The summed E-state index contributed by atoms with van der Waals surface area (Å²) in [4.78, 5) is 28.8. The van der Waals surface area contributed by atoms with E-state index in [0.29, 0.717) is 16.5 Å². The van der Waals surface area contributed by atoms with Crippen LogP contribution in [0.2, 0.25) is 0 Å². The molecule has 0 aliphatic rings. The highest BCUT2D eigenvalue weighted by atomic mass is 16.1. The molecule has 24 heavy (non-hydrogen) atoms. The molecule has 0 atom stereocenters. The Hall–Kier alpha value is -3.41. The van der Waals surface area contributed by atoms with Crippen LogP contribution < -0.4 is 17.0 Å². The summed E-state index contributed by atoms with van der Waals surface area (Å²) in [7, 11) is 0. The molecule has 6 heteroatoms. The van der Waals surface area contributed by atoms with Gasteiger partial charge in [-0.25, -0.2) is 0 Å². The van der Waals surface area contributed by atoms with Crippen LogP contribution in [0.1, 0.15) is 15.9 Å². The van der Waals surface area contributed by atoms with Gasteiger partial charge in [0.1, 0.15) is 0 Å². The number of para-hydroxylation sites is 1. The van der Waals surface area contributed by atoms with Crippen LogP contribution in [0.3, 0.4) is 0 Å². The molecule has 0 aliphatic heterocycles. The van der Waals surface area contributed by atoms with Gasteiger partial charge in [0.2, 0.25) is 0 Å². The number of guanidine groups is 1. The minimum absolute atomic E-state index is 0.207. The fourth-order valence-electron chi connectivity index (χ4n) is 2.65. The molecule has 1 aromatic heterocycles. The summed E-state index contributed by atoms with van der Waals surface area (Å²) in [5.74, 6) is -0.911. The molecule has 0 aliphatic carbocycles. The number of carbonyl (C=O) groups excluding carboxylic acids is 1. The van der Waals surface area contributed by atoms with Gasteiger partial charge >= 0.3 is 0 Å². The molecule has 1 heterocycles. The number of nitrogens with two attached hydrogens (primary N) is 2. The number of benzene rings is 2. The first-order valence-electron chi connectivity index (χ1n) is 7.33. The summed E-state index contributed by atoms with van der Waals surface area (Å²) >= 11 is 0. The number of aliphatic imine (C=N–C) groups is 1. The Kier molecular flexibility index (Phi) is 3.87. The number of pyridine rings is 1. The van der Waals surface area contributed by atoms with Gasteiger partial charge < -0.3 is 11.5 Å². The second-order valence-electron chi connectivity index (χ2n) is 5.39. The van der Waals surface area contributed by atoms with E-state index in [-0.39, 0.29) is 17.1 Å². The van der Waals surface area contributed by atoms with Crippen molar-refractivity contribution in [2.24, 2.45) is 16.5 Å². The monoisotopic (exact) mass is 320 g/mol. The van der Waals surface area contributed by atoms with Crippen molar-refractivity contribution in [2.45, 2.75) is 6.92 Å². The van der Waals surface area contributed by atoms with E-state index in [1.165, 1.54) is 10.8 Å². The first-order chi connectivity index (χ1) is 11.5. The van der Waals surface area contributed by atoms with Crippen LogP contribution in [0, 0.1) is 6.92 Å². The fourth-order valence-corrected chi connectivity index (χ4v) is 2.65. The van der Waals surface area contributed by atoms with Gasteiger partial charge in [0, 0.05) is 17.0 Å². The van der Waals surface area contributed by atoms with Crippen LogP contribution in [-0.4, -0.2) is 16.4 Å². The van der Waals surface area contributed by atoms with Gasteiger partial charge in [0.05, 0.1) is 11.3 Å². The number of fused-ring (bicyclic) bond motifs is 1. The predicted octanol–water partition coefficient (Wildman–Crippen LogP) is 1.71. The van der Waals surface area contributed by atoms with Gasteiger partial charge in [0.15, 0.2) is 5.96 Å². The van der Waals surface area contributed by atoms with Gasteiger partial charge in [-0.05, 0) is 24.6 Å². The van der Waals surface area contributed by atoms with Crippen molar-refractivity contribution in [1.29, 1.82) is 0 Å². The number of hydrogen-bond donors (Lipinski definition) is 2. The zero-order chi connectivity index (χ0) is 17.3. The van der Waals surface area contributed by atoms with E-state index in [0.717, 1.165) is 5.56 Å². The zero-order valence-corrected chi connectivity index (χ0v) is 13.1. The Labute approximate surface area is 138 Å². The Balaban J connectivity index is 2.39. The van der Waals surface area contributed by atoms with Crippen LogP contribution in [0.4, 0.5) is 0 Å². The lowest BCUT2D eigenvalue weighted by atomic mass is 10.1. The number of aryl methyl sites for hydroxylation is 1. The SMILES string of the molecule is Cc1ccccc1-n1cc(C(=O)N=C(N)N)c2ccccc2c1=O. The highest BCUT2D eigenvalue weighted by molar-refractivity contribution is 6.10. The molecule has 4 N–H and O–H groups in total. The van der Waals surface area contributed by atoms with Crippen molar-refractivity contribution in [1.82, 2.24) is 4.57 Å². The first kappa shape index (κ1) is 15.5. The number of carbonyl (C=O) groups is 1. The quantitative estimate of drug-likeness (QED) is 0.554. The number of hydrogen-bond acceptors (Lipinski definition) is 2. The van der Waals surface area contributed by atoms with Crippen molar-refractivity contribution < 1.29 is 4.79 Å². The molecule has 120 valence electrons. The summed E-state index contributed by atoms with van der Waals surface area (Å²) in [5, 5.41) is 0.944. The van der Waals surface area contributed by atoms with Gasteiger partial charge in [-0.2, -0.15) is 4.99 Å². The summed E-state index contributed by atoms with van der Waals surface area (Å²) in [6, 6.07) is 14.3. The summed E-state index contributed by atoms with van der Waals surface area (Å²) < 4.78 is 1.45. The number of rotatable bonds is 2. The minimum Gasteiger partial charge on any atom is -0.370 e. The highest BCUT2D eigenvalue weighted by Gasteiger charge is 2.15. The van der Waals surface area contributed by atoms with Crippen LogP contribution >= 0.6 is 0 Å². The maximum absolute atomic E-state index is 12.8. The Bertz CT molecular complexity index is 1030. The van der Waals surface area contributed by atoms with E-state index in [9.17, 15) is 9.59 Å². The molecule has 3 rings (SSSR count). The topological polar surface area (TPSA) is 103 Å². The maximum atomic E-state index is 12.8. The Morgan fingerprint density at radius 2 is 1.62 bits per heavy atom. The molecule has 0 bridgehead atoms. The highest BCUT2D eigenvalue weighted by Crippen LogP contribution is 2.20. The Morgan fingerprint density at radius 3 is 2.29 bits per heavy atom. The number of aromatic nitrogens is 1. The first-order valence-corrected chi connectivity index (χ1v) is 7.33. The minimum atomic E-state index is -0.589. The summed E-state index contributed by atoms with van der Waals surface area (Å²) in [5.41, 5.74) is 12.3. The average molecular weight is 320 g/mol. The smallest absolute Gasteiger partial charge is 0.282 e. The van der Waals surface area contributed by atoms with E-state index in [1.54, 1.807) is 24.3 Å². The van der Waals surface area contributed by atoms with Crippen LogP contribution in [0.25, 0.3) is 16.5 Å². The molecule has 0 saturated carbocycles. The van der Waals surface area contributed by atoms with Gasteiger partial charge in [0.25, 0.3) is 11.5 Å². The second kappa shape index (κ2) is 6.00. The molecule has 0 spiro atoms. The standard InChI is InChI=1S/C18H16N4O2/c1-11-6-2-5-9-15(11)22-10-14(16(23)21-18(19)20)12-7-3-4-8-13(12)17(22)24/h2-10H,1H3,(H4,19,20,21,23). The molecule has 2 aromatic carbocycles. The van der Waals surface area contributed by atoms with Crippen molar-refractivity contribution >= 4 is 22.6 Å². The van der Waals surface area contributed by atoms with Crippen molar-refractivity contribution in [3.8, 4) is 5.69 Å². The molecule has 3 aromatic rings. The van der Waals surface area contributed by atoms with Crippen molar-refractivity contribution in [3.05, 3.63) is 76.2 Å². The van der Waals surface area contributed by atoms with Crippen LogP contribution in [0.15, 0.2) is 64.5 Å². The van der Waals surface area contributed by atoms with Crippen LogP contribution in [-0.2, 0) is 0 Å². The Morgan fingerprint density at radius 1 is 1.00 bits per heavy atom. The van der Waals surface area contributed by atoms with Crippen molar-refractivity contribution in [2.75, 3.05) is 0 Å². The molecule has 6 nitrogen and oxygen atoms in total. The largest absolute Gasteiger partial charge is 0.370 e. The van der Waals surface area contributed by atoms with E-state index in [1.807, 2.05) is 31.2 Å². The summed E-state index contributed by atoms with van der Waals surface area (Å²) in [6.07, 6.45) is 1.49. The van der Waals surface area contributed by atoms with E-state index >= 15 is 0 Å². The molecular formula is C18H16N4O2. The molecule has 1 amide bonds. The van der Waals surface area contributed by atoms with Gasteiger partial charge in [-0.3, -0.25) is 14.2 Å². The second-order valence-corrected chi connectivity index (χ2v) is 5.39. The molecule has 0 radical (unpaired) electrons. The van der Waals surface area contributed by atoms with Gasteiger partial charge in [-0.1, -0.05) is 36.4 Å². The fraction of sp³-hybridized carbons (Fsp3) is 0.0556. The molecule has 0 saturated heterocycles. The normalized spacial score (nSPS) is 10.5. The van der Waals surface area contributed by atoms with Gasteiger partial charge in [-0.15, -0.1) is 0 Å². The lowest BCUT2D eigenvalue weighted by Gasteiger charge is -2.12. The lowest BCUT2D eigenvalue weighted by Crippen LogP contribution is -2.25. The van der Waals surface area contributed by atoms with E-state index < -0.39 is 5.91 Å². The third-order valence-electron chi connectivity index (χ3n) is 3.76. The lowest BCUT2D eigenvalue weighted by molar-refractivity contribution is 0.100. The molecule has 0 fully saturated rings. The third kappa shape index (κ3) is 2.65. The summed E-state index contributed by atoms with van der Waals surface area (Å²) in [6.45, 7) is 1.90. The molecule has 0 unspecified atom stereocenters. The molecular weight excluding hydrogens is 304 g/mol.